The van der Waals surface area contributed by atoms with E-state index in [1.165, 1.54) is 11.1 Å². The van der Waals surface area contributed by atoms with Gasteiger partial charge < -0.3 is 14.2 Å². The Labute approximate surface area is 161 Å². The molecule has 2 aliphatic heterocycles. The molecular formula is C18H21ClIN3O. The summed E-state index contributed by atoms with van der Waals surface area (Å²) >= 11 is 8.77. The normalized spacial score (nSPS) is 22.0. The van der Waals surface area contributed by atoms with Crippen molar-refractivity contribution in [3.05, 3.63) is 50.1 Å². The summed E-state index contributed by atoms with van der Waals surface area (Å²) in [5, 5.41) is 0.838. The van der Waals surface area contributed by atoms with Crippen LogP contribution in [-0.2, 0) is 17.7 Å². The molecule has 1 aromatic heterocycles. The number of likely N-dealkylation sites (tertiary alicyclic amines) is 1. The van der Waals surface area contributed by atoms with E-state index < -0.39 is 0 Å². The maximum atomic E-state index is 6.61. The molecule has 0 spiro atoms. The summed E-state index contributed by atoms with van der Waals surface area (Å²) in [5.74, 6) is 1.01. The Morgan fingerprint density at radius 3 is 2.83 bits per heavy atom. The van der Waals surface area contributed by atoms with Gasteiger partial charge in [-0.2, -0.15) is 0 Å². The number of aromatic nitrogens is 2. The summed E-state index contributed by atoms with van der Waals surface area (Å²) in [6.45, 7) is 3.08. The zero-order valence-electron chi connectivity index (χ0n) is 13.7. The molecule has 1 saturated heterocycles. The molecule has 0 radical (unpaired) electrons. The smallest absolute Gasteiger partial charge is 0.143 e. The van der Waals surface area contributed by atoms with Crippen molar-refractivity contribution >= 4 is 34.2 Å². The molecule has 1 fully saturated rings. The molecule has 0 N–H and O–H groups in total. The first kappa shape index (κ1) is 16.8. The molecule has 4 nitrogen and oxygen atoms in total. The van der Waals surface area contributed by atoms with Gasteiger partial charge in [-0.15, -0.1) is 0 Å². The van der Waals surface area contributed by atoms with Crippen LogP contribution in [0.5, 0.6) is 0 Å². The molecule has 24 heavy (non-hydrogen) atoms. The number of hydrogen-bond donors (Lipinski definition) is 0. The third-order valence-electron chi connectivity index (χ3n) is 5.05. The lowest BCUT2D eigenvalue weighted by Crippen LogP contribution is -2.35. The van der Waals surface area contributed by atoms with E-state index in [0.717, 1.165) is 53.4 Å². The summed E-state index contributed by atoms with van der Waals surface area (Å²) in [6, 6.07) is 6.15. The lowest BCUT2D eigenvalue weighted by atomic mass is 9.99. The van der Waals surface area contributed by atoms with Gasteiger partial charge in [0.15, 0.2) is 0 Å². The quantitative estimate of drug-likeness (QED) is 0.641. The standard InChI is InChI=1S/C18H21ClIN3O/c1-22-8-5-12(6-9-22)24-17-14-3-2-4-15(19)13(14)7-10-23-11-16(20)21-18(17)23/h2-4,11-12,17H,5-10H2,1H3. The fourth-order valence-corrected chi connectivity index (χ4v) is 4.55. The molecule has 6 heteroatoms. The monoisotopic (exact) mass is 457 g/mol. The number of benzene rings is 1. The Balaban J connectivity index is 1.71. The number of nitrogens with zero attached hydrogens (tertiary/aromatic N) is 3. The van der Waals surface area contributed by atoms with E-state index in [1.54, 1.807) is 0 Å². The minimum absolute atomic E-state index is 0.127. The molecule has 1 aromatic carbocycles. The van der Waals surface area contributed by atoms with E-state index in [-0.39, 0.29) is 12.2 Å². The number of imidazole rings is 1. The number of rotatable bonds is 2. The first-order valence-electron chi connectivity index (χ1n) is 8.45. The van der Waals surface area contributed by atoms with Gasteiger partial charge in [-0.05, 0) is 66.1 Å². The molecule has 2 aromatic rings. The molecule has 0 aliphatic carbocycles. The molecule has 2 aliphatic rings. The van der Waals surface area contributed by atoms with Crippen molar-refractivity contribution in [2.75, 3.05) is 20.1 Å². The van der Waals surface area contributed by atoms with Crippen LogP contribution in [0.1, 0.15) is 35.9 Å². The Bertz CT molecular complexity index is 740. The summed E-state index contributed by atoms with van der Waals surface area (Å²) in [5.41, 5.74) is 2.39. The van der Waals surface area contributed by atoms with Crippen LogP contribution < -0.4 is 0 Å². The zero-order chi connectivity index (χ0) is 16.7. The van der Waals surface area contributed by atoms with Crippen LogP contribution in [0, 0.1) is 3.70 Å². The highest BCUT2D eigenvalue weighted by Gasteiger charge is 2.31. The van der Waals surface area contributed by atoms with Gasteiger partial charge in [0.1, 0.15) is 15.6 Å². The van der Waals surface area contributed by atoms with Crippen molar-refractivity contribution < 1.29 is 4.74 Å². The Morgan fingerprint density at radius 2 is 2.04 bits per heavy atom. The van der Waals surface area contributed by atoms with Gasteiger partial charge in [0.2, 0.25) is 0 Å². The van der Waals surface area contributed by atoms with Crippen LogP contribution in [0.4, 0.5) is 0 Å². The largest absolute Gasteiger partial charge is 0.362 e. The van der Waals surface area contributed by atoms with Gasteiger partial charge in [-0.1, -0.05) is 23.7 Å². The van der Waals surface area contributed by atoms with Crippen LogP contribution >= 0.6 is 34.2 Å². The van der Waals surface area contributed by atoms with Gasteiger partial charge >= 0.3 is 0 Å². The maximum Gasteiger partial charge on any atom is 0.143 e. The van der Waals surface area contributed by atoms with Crippen molar-refractivity contribution in [1.29, 1.82) is 0 Å². The molecule has 1 atom stereocenters. The molecule has 128 valence electrons. The maximum absolute atomic E-state index is 6.61. The number of ether oxygens (including phenoxy) is 1. The number of piperidine rings is 1. The Kier molecular flexibility index (Phi) is 4.86. The highest BCUT2D eigenvalue weighted by molar-refractivity contribution is 14.1. The zero-order valence-corrected chi connectivity index (χ0v) is 16.6. The predicted octanol–water partition coefficient (Wildman–Crippen LogP) is 3.90. The molecule has 0 saturated carbocycles. The Morgan fingerprint density at radius 1 is 1.25 bits per heavy atom. The minimum Gasteiger partial charge on any atom is -0.362 e. The molecule has 0 amide bonds. The van der Waals surface area contributed by atoms with E-state index in [9.17, 15) is 0 Å². The summed E-state index contributed by atoms with van der Waals surface area (Å²) < 4.78 is 9.86. The van der Waals surface area contributed by atoms with Gasteiger partial charge in [0, 0.05) is 30.9 Å². The van der Waals surface area contributed by atoms with Crippen LogP contribution in [0.15, 0.2) is 24.4 Å². The topological polar surface area (TPSA) is 30.3 Å². The van der Waals surface area contributed by atoms with Gasteiger partial charge in [-0.25, -0.2) is 4.98 Å². The van der Waals surface area contributed by atoms with Crippen LogP contribution in [-0.4, -0.2) is 40.7 Å². The van der Waals surface area contributed by atoms with Gasteiger partial charge in [0.25, 0.3) is 0 Å². The first-order chi connectivity index (χ1) is 11.6. The predicted molar refractivity (Wildman–Crippen MR) is 104 cm³/mol. The Hall–Kier alpha value is -0.630. The second kappa shape index (κ2) is 6.94. The van der Waals surface area contributed by atoms with Crippen molar-refractivity contribution in [2.45, 2.75) is 38.0 Å². The fraction of sp³-hybridized carbons (Fsp3) is 0.500. The fourth-order valence-electron chi connectivity index (χ4n) is 3.69. The molecule has 3 heterocycles. The average molecular weight is 458 g/mol. The van der Waals surface area contributed by atoms with E-state index in [4.69, 9.17) is 21.3 Å². The van der Waals surface area contributed by atoms with E-state index in [0.29, 0.717) is 0 Å². The summed E-state index contributed by atoms with van der Waals surface area (Å²) in [4.78, 5) is 7.14. The van der Waals surface area contributed by atoms with Crippen molar-refractivity contribution in [1.82, 2.24) is 14.5 Å². The third kappa shape index (κ3) is 3.23. The van der Waals surface area contributed by atoms with Gasteiger partial charge in [-0.3, -0.25) is 0 Å². The van der Waals surface area contributed by atoms with E-state index in [1.807, 2.05) is 12.1 Å². The molecule has 0 bridgehead atoms. The SMILES string of the molecule is CN1CCC(OC2c3cccc(Cl)c3CCn3cc(I)nc32)CC1. The van der Waals surface area contributed by atoms with Crippen molar-refractivity contribution in [3.63, 3.8) is 0 Å². The molecule has 4 rings (SSSR count). The van der Waals surface area contributed by atoms with Crippen molar-refractivity contribution in [2.24, 2.45) is 0 Å². The highest BCUT2D eigenvalue weighted by Crippen LogP contribution is 2.37. The lowest BCUT2D eigenvalue weighted by molar-refractivity contribution is -0.0276. The second-order valence-electron chi connectivity index (χ2n) is 6.69. The van der Waals surface area contributed by atoms with Crippen molar-refractivity contribution in [3.8, 4) is 0 Å². The van der Waals surface area contributed by atoms with E-state index in [2.05, 4.69) is 51.4 Å². The lowest BCUT2D eigenvalue weighted by Gasteiger charge is -2.32. The second-order valence-corrected chi connectivity index (χ2v) is 8.20. The number of aryl methyl sites for hydroxylation is 1. The van der Waals surface area contributed by atoms with Crippen LogP contribution in [0.3, 0.4) is 0 Å². The summed E-state index contributed by atoms with van der Waals surface area (Å²) in [7, 11) is 2.17. The third-order valence-corrected chi connectivity index (χ3v) is 5.92. The summed E-state index contributed by atoms with van der Waals surface area (Å²) in [6.07, 6.45) is 5.32. The first-order valence-corrected chi connectivity index (χ1v) is 9.91. The molecule has 1 unspecified atom stereocenters. The van der Waals surface area contributed by atoms with E-state index >= 15 is 0 Å². The minimum atomic E-state index is -0.127. The number of halogens is 2. The number of hydrogen-bond acceptors (Lipinski definition) is 3. The number of fused-ring (bicyclic) bond motifs is 2. The highest BCUT2D eigenvalue weighted by atomic mass is 127. The van der Waals surface area contributed by atoms with Gasteiger partial charge in [0.05, 0.1) is 6.10 Å². The molecular weight excluding hydrogens is 437 g/mol. The average Bonchev–Trinajstić information content (AvgIpc) is 2.87. The van der Waals surface area contributed by atoms with Crippen LogP contribution in [0.25, 0.3) is 0 Å². The van der Waals surface area contributed by atoms with Crippen LogP contribution in [0.2, 0.25) is 5.02 Å².